The zero-order valence-electron chi connectivity index (χ0n) is 7.31. The minimum atomic E-state index is 0. The minimum absolute atomic E-state index is 0. The lowest BCUT2D eigenvalue weighted by molar-refractivity contribution is 0.824. The van der Waals surface area contributed by atoms with Crippen molar-refractivity contribution in [2.75, 3.05) is 5.73 Å². The summed E-state index contributed by atoms with van der Waals surface area (Å²) in [6.07, 6.45) is 0. The maximum Gasteiger partial charge on any atom is 0.180 e. The number of aromatic nitrogens is 1. The first-order valence-corrected chi connectivity index (χ1v) is 4.50. The second kappa shape index (κ2) is 5.74. The van der Waals surface area contributed by atoms with Crippen LogP contribution in [0.2, 0.25) is 0 Å². The van der Waals surface area contributed by atoms with Gasteiger partial charge >= 0.3 is 0 Å². The molecule has 0 amide bonds. The Balaban J connectivity index is 0.000000845. The first kappa shape index (κ1) is 13.1. The van der Waals surface area contributed by atoms with Crippen LogP contribution in [0.5, 0.6) is 0 Å². The smallest absolute Gasteiger partial charge is 0.180 e. The van der Waals surface area contributed by atoms with E-state index < -0.39 is 0 Å². The van der Waals surface area contributed by atoms with E-state index in [1.165, 1.54) is 11.3 Å². The molecule has 5 heteroatoms. The number of nitrogens with zero attached hydrogens (tertiary/aromatic N) is 1. The molecule has 0 saturated carbocycles. The van der Waals surface area contributed by atoms with Crippen LogP contribution in [-0.2, 0) is 0 Å². The SMILES string of the molecule is Br.Nc1nc(-c2ccccc2)cs1.O. The molecular weight excluding hydrogens is 264 g/mol. The lowest BCUT2D eigenvalue weighted by Crippen LogP contribution is -1.82. The summed E-state index contributed by atoms with van der Waals surface area (Å²) in [6, 6.07) is 10.0. The fourth-order valence-electron chi connectivity index (χ4n) is 1.03. The number of nitrogens with two attached hydrogens (primary N) is 1. The maximum absolute atomic E-state index is 5.52. The van der Waals surface area contributed by atoms with Crippen molar-refractivity contribution in [3.05, 3.63) is 35.7 Å². The van der Waals surface area contributed by atoms with Crippen LogP contribution in [0.15, 0.2) is 35.7 Å². The van der Waals surface area contributed by atoms with Crippen LogP contribution in [0, 0.1) is 0 Å². The van der Waals surface area contributed by atoms with Gasteiger partial charge in [0.25, 0.3) is 0 Å². The average Bonchev–Trinajstić information content (AvgIpc) is 2.54. The van der Waals surface area contributed by atoms with Gasteiger partial charge in [0.1, 0.15) is 0 Å². The number of nitrogen functional groups attached to an aromatic ring is 1. The molecule has 2 rings (SSSR count). The number of thiazole rings is 1. The lowest BCUT2D eigenvalue weighted by atomic mass is 10.2. The Kier molecular flexibility index (Phi) is 5.37. The highest BCUT2D eigenvalue weighted by molar-refractivity contribution is 8.93. The van der Waals surface area contributed by atoms with Gasteiger partial charge in [-0.3, -0.25) is 0 Å². The van der Waals surface area contributed by atoms with Crippen LogP contribution in [0.1, 0.15) is 0 Å². The van der Waals surface area contributed by atoms with Gasteiger partial charge in [-0.05, 0) is 0 Å². The van der Waals surface area contributed by atoms with Gasteiger partial charge in [0.05, 0.1) is 5.69 Å². The Morgan fingerprint density at radius 1 is 1.14 bits per heavy atom. The molecule has 1 aromatic heterocycles. The summed E-state index contributed by atoms with van der Waals surface area (Å²) >= 11 is 1.47. The largest absolute Gasteiger partial charge is 0.412 e. The van der Waals surface area contributed by atoms with Gasteiger partial charge < -0.3 is 11.2 Å². The molecule has 76 valence electrons. The van der Waals surface area contributed by atoms with Crippen molar-refractivity contribution in [2.45, 2.75) is 0 Å². The summed E-state index contributed by atoms with van der Waals surface area (Å²) in [5, 5.41) is 2.58. The van der Waals surface area contributed by atoms with Crippen molar-refractivity contribution >= 4 is 33.4 Å². The number of hydrogen-bond donors (Lipinski definition) is 1. The Morgan fingerprint density at radius 2 is 1.79 bits per heavy atom. The Morgan fingerprint density at radius 3 is 2.29 bits per heavy atom. The molecule has 14 heavy (non-hydrogen) atoms. The van der Waals surface area contributed by atoms with E-state index in [4.69, 9.17) is 5.73 Å². The van der Waals surface area contributed by atoms with E-state index in [1.54, 1.807) is 0 Å². The second-order valence-electron chi connectivity index (χ2n) is 2.44. The molecule has 1 heterocycles. The molecule has 4 N–H and O–H groups in total. The van der Waals surface area contributed by atoms with Gasteiger partial charge in [-0.1, -0.05) is 30.3 Å². The summed E-state index contributed by atoms with van der Waals surface area (Å²) in [6.45, 7) is 0. The molecule has 0 bridgehead atoms. The van der Waals surface area contributed by atoms with Gasteiger partial charge in [-0.2, -0.15) is 0 Å². The molecule has 0 aliphatic carbocycles. The standard InChI is InChI=1S/C9H8N2S.BrH.H2O/c10-9-11-8(6-12-9)7-4-2-1-3-5-7;;/h1-6H,(H2,10,11);1H;1H2. The van der Waals surface area contributed by atoms with Crippen molar-refractivity contribution in [1.29, 1.82) is 0 Å². The molecule has 0 saturated heterocycles. The van der Waals surface area contributed by atoms with E-state index >= 15 is 0 Å². The van der Waals surface area contributed by atoms with Crippen molar-refractivity contribution < 1.29 is 5.48 Å². The predicted molar refractivity (Wildman–Crippen MR) is 65.9 cm³/mol. The van der Waals surface area contributed by atoms with Crippen LogP contribution in [-0.4, -0.2) is 10.5 Å². The van der Waals surface area contributed by atoms with E-state index in [0.717, 1.165) is 11.3 Å². The summed E-state index contributed by atoms with van der Waals surface area (Å²) in [7, 11) is 0. The summed E-state index contributed by atoms with van der Waals surface area (Å²) in [5.41, 5.74) is 7.60. The van der Waals surface area contributed by atoms with Crippen molar-refractivity contribution in [3.8, 4) is 11.3 Å². The third kappa shape index (κ3) is 2.80. The minimum Gasteiger partial charge on any atom is -0.412 e. The summed E-state index contributed by atoms with van der Waals surface area (Å²) in [5.74, 6) is 0. The van der Waals surface area contributed by atoms with Gasteiger partial charge in [0, 0.05) is 10.9 Å². The monoisotopic (exact) mass is 274 g/mol. The number of hydrogen-bond acceptors (Lipinski definition) is 3. The molecule has 0 aliphatic rings. The van der Waals surface area contributed by atoms with Gasteiger partial charge in [0.15, 0.2) is 5.13 Å². The number of halogens is 1. The van der Waals surface area contributed by atoms with Crippen LogP contribution >= 0.6 is 28.3 Å². The molecule has 0 atom stereocenters. The zero-order chi connectivity index (χ0) is 8.39. The molecule has 1 aromatic carbocycles. The van der Waals surface area contributed by atoms with Crippen LogP contribution < -0.4 is 5.73 Å². The third-order valence-corrected chi connectivity index (χ3v) is 2.27. The average molecular weight is 275 g/mol. The van der Waals surface area contributed by atoms with Gasteiger partial charge in [-0.15, -0.1) is 28.3 Å². The van der Waals surface area contributed by atoms with E-state index in [1.807, 2.05) is 35.7 Å². The zero-order valence-corrected chi connectivity index (χ0v) is 9.83. The number of rotatable bonds is 1. The normalized spacial score (nSPS) is 8.57. The van der Waals surface area contributed by atoms with Crippen LogP contribution in [0.4, 0.5) is 5.13 Å². The Labute approximate surface area is 96.7 Å². The Bertz CT molecular complexity index is 377. The summed E-state index contributed by atoms with van der Waals surface area (Å²) < 4.78 is 0. The van der Waals surface area contributed by atoms with Crippen molar-refractivity contribution in [1.82, 2.24) is 4.98 Å². The second-order valence-corrected chi connectivity index (χ2v) is 3.33. The molecule has 0 radical (unpaired) electrons. The fraction of sp³-hybridized carbons (Fsp3) is 0. The highest BCUT2D eigenvalue weighted by atomic mass is 79.9. The lowest BCUT2D eigenvalue weighted by Gasteiger charge is -1.92. The topological polar surface area (TPSA) is 70.4 Å². The molecule has 0 spiro atoms. The number of benzene rings is 1. The Hall–Kier alpha value is -0.910. The maximum atomic E-state index is 5.52. The quantitative estimate of drug-likeness (QED) is 0.866. The molecule has 0 unspecified atom stereocenters. The first-order chi connectivity index (χ1) is 5.86. The van der Waals surface area contributed by atoms with E-state index in [2.05, 4.69) is 4.98 Å². The van der Waals surface area contributed by atoms with Gasteiger partial charge in [0.2, 0.25) is 0 Å². The molecule has 0 aliphatic heterocycles. The van der Waals surface area contributed by atoms with E-state index in [0.29, 0.717) is 5.13 Å². The van der Waals surface area contributed by atoms with E-state index in [-0.39, 0.29) is 22.5 Å². The highest BCUT2D eigenvalue weighted by Gasteiger charge is 1.99. The summed E-state index contributed by atoms with van der Waals surface area (Å²) in [4.78, 5) is 4.18. The fourth-order valence-corrected chi connectivity index (χ4v) is 1.60. The number of anilines is 1. The third-order valence-electron chi connectivity index (χ3n) is 1.59. The van der Waals surface area contributed by atoms with E-state index in [9.17, 15) is 0 Å². The molecular formula is C9H11BrN2OS. The predicted octanol–water partition coefficient (Wildman–Crippen LogP) is 2.15. The van der Waals surface area contributed by atoms with Crippen LogP contribution in [0.3, 0.4) is 0 Å². The van der Waals surface area contributed by atoms with Crippen LogP contribution in [0.25, 0.3) is 11.3 Å². The molecule has 2 aromatic rings. The molecule has 0 fully saturated rings. The molecule has 3 nitrogen and oxygen atoms in total. The van der Waals surface area contributed by atoms with Crippen molar-refractivity contribution in [3.63, 3.8) is 0 Å². The highest BCUT2D eigenvalue weighted by Crippen LogP contribution is 2.22. The van der Waals surface area contributed by atoms with Gasteiger partial charge in [-0.25, -0.2) is 4.98 Å². The van der Waals surface area contributed by atoms with Crippen molar-refractivity contribution in [2.24, 2.45) is 0 Å². The first-order valence-electron chi connectivity index (χ1n) is 3.63.